The van der Waals surface area contributed by atoms with Crippen LogP contribution in [0, 0.1) is 13.8 Å². The third kappa shape index (κ3) is 4.25. The summed E-state index contributed by atoms with van der Waals surface area (Å²) >= 11 is 0. The molecule has 0 radical (unpaired) electrons. The van der Waals surface area contributed by atoms with Crippen LogP contribution in [0.1, 0.15) is 11.3 Å². The van der Waals surface area contributed by atoms with Gasteiger partial charge < -0.3 is 20.1 Å². The van der Waals surface area contributed by atoms with Gasteiger partial charge in [0.05, 0.1) is 19.9 Å². The minimum absolute atomic E-state index is 0.440. The maximum atomic E-state index is 5.35. The van der Waals surface area contributed by atoms with Crippen molar-refractivity contribution in [1.82, 2.24) is 24.7 Å². The molecule has 0 aliphatic carbocycles. The van der Waals surface area contributed by atoms with Gasteiger partial charge in [0.15, 0.2) is 17.3 Å². The Hall–Kier alpha value is -4.14. The highest BCUT2D eigenvalue weighted by Gasteiger charge is 2.15. The largest absolute Gasteiger partial charge is 0.493 e. The first-order valence-electron chi connectivity index (χ1n) is 9.66. The van der Waals surface area contributed by atoms with Crippen LogP contribution in [0.3, 0.4) is 0 Å². The Labute approximate surface area is 180 Å². The second-order valence-electron chi connectivity index (χ2n) is 6.74. The molecule has 0 saturated carbocycles. The molecule has 9 nitrogen and oxygen atoms in total. The van der Waals surface area contributed by atoms with Gasteiger partial charge in [0, 0.05) is 29.7 Å². The summed E-state index contributed by atoms with van der Waals surface area (Å²) in [5.74, 6) is 3.85. The predicted octanol–water partition coefficient (Wildman–Crippen LogP) is 4.18. The molecule has 3 heterocycles. The van der Waals surface area contributed by atoms with Gasteiger partial charge in [-0.05, 0) is 44.2 Å². The normalized spacial score (nSPS) is 10.6. The second-order valence-corrected chi connectivity index (χ2v) is 6.74. The van der Waals surface area contributed by atoms with Crippen LogP contribution in [-0.2, 0) is 0 Å². The van der Waals surface area contributed by atoms with Crippen LogP contribution < -0.4 is 20.1 Å². The van der Waals surface area contributed by atoms with Gasteiger partial charge in [0.2, 0.25) is 5.95 Å². The van der Waals surface area contributed by atoms with E-state index in [9.17, 15) is 0 Å². The Morgan fingerprint density at radius 3 is 2.45 bits per heavy atom. The summed E-state index contributed by atoms with van der Waals surface area (Å²) in [4.78, 5) is 13.3. The zero-order chi connectivity index (χ0) is 21.8. The maximum absolute atomic E-state index is 5.35. The van der Waals surface area contributed by atoms with Gasteiger partial charge in [-0.3, -0.25) is 0 Å². The molecule has 0 aliphatic rings. The summed E-state index contributed by atoms with van der Waals surface area (Å²) < 4.78 is 12.4. The van der Waals surface area contributed by atoms with Gasteiger partial charge >= 0.3 is 0 Å². The van der Waals surface area contributed by atoms with Crippen molar-refractivity contribution >= 4 is 23.3 Å². The molecular formula is C22H23N7O2. The highest BCUT2D eigenvalue weighted by atomic mass is 16.5. The SMILES string of the molecule is COc1ccc(Nc2nccc(Nc3c(C)c(C)nn3-c3ccccn3)n2)cc1OC. The number of methoxy groups -OCH3 is 2. The molecule has 0 bridgehead atoms. The van der Waals surface area contributed by atoms with E-state index >= 15 is 0 Å². The van der Waals surface area contributed by atoms with Gasteiger partial charge in [0.1, 0.15) is 11.6 Å². The minimum atomic E-state index is 0.440. The topological polar surface area (TPSA) is 99.0 Å². The van der Waals surface area contributed by atoms with Crippen LogP contribution in [0.5, 0.6) is 11.5 Å². The number of aromatic nitrogens is 5. The average Bonchev–Trinajstić information content (AvgIpc) is 3.08. The predicted molar refractivity (Wildman–Crippen MR) is 119 cm³/mol. The first-order chi connectivity index (χ1) is 15.1. The number of benzene rings is 1. The van der Waals surface area contributed by atoms with E-state index in [1.165, 1.54) is 0 Å². The number of hydrogen-bond donors (Lipinski definition) is 2. The molecule has 0 saturated heterocycles. The number of anilines is 4. The number of ether oxygens (including phenoxy) is 2. The third-order valence-electron chi connectivity index (χ3n) is 4.77. The molecule has 158 valence electrons. The number of aryl methyl sites for hydroxylation is 1. The van der Waals surface area contributed by atoms with Crippen molar-refractivity contribution in [2.75, 3.05) is 24.9 Å². The number of hydrogen-bond acceptors (Lipinski definition) is 8. The summed E-state index contributed by atoms with van der Waals surface area (Å²) in [5, 5.41) is 11.2. The van der Waals surface area contributed by atoms with E-state index in [1.807, 2.05) is 50.2 Å². The zero-order valence-corrected chi connectivity index (χ0v) is 17.7. The summed E-state index contributed by atoms with van der Waals surface area (Å²) in [6.07, 6.45) is 3.42. The molecule has 0 spiro atoms. The Morgan fingerprint density at radius 1 is 0.871 bits per heavy atom. The minimum Gasteiger partial charge on any atom is -0.493 e. The van der Waals surface area contributed by atoms with E-state index in [4.69, 9.17) is 9.47 Å². The van der Waals surface area contributed by atoms with Crippen molar-refractivity contribution in [2.24, 2.45) is 0 Å². The average molecular weight is 417 g/mol. The summed E-state index contributed by atoms with van der Waals surface area (Å²) in [5.41, 5.74) is 2.70. The van der Waals surface area contributed by atoms with E-state index < -0.39 is 0 Å². The molecular weight excluding hydrogens is 394 g/mol. The van der Waals surface area contributed by atoms with Crippen molar-refractivity contribution in [3.63, 3.8) is 0 Å². The maximum Gasteiger partial charge on any atom is 0.229 e. The third-order valence-corrected chi connectivity index (χ3v) is 4.77. The van der Waals surface area contributed by atoms with Crippen molar-refractivity contribution in [3.05, 3.63) is 66.1 Å². The molecule has 3 aromatic heterocycles. The van der Waals surface area contributed by atoms with Crippen LogP contribution in [0.25, 0.3) is 5.82 Å². The zero-order valence-electron chi connectivity index (χ0n) is 17.7. The van der Waals surface area contributed by atoms with Crippen LogP contribution >= 0.6 is 0 Å². The van der Waals surface area contributed by atoms with Gasteiger partial charge in [-0.1, -0.05) is 6.07 Å². The van der Waals surface area contributed by atoms with Crippen LogP contribution in [0.15, 0.2) is 54.9 Å². The number of nitrogens with zero attached hydrogens (tertiary/aromatic N) is 5. The molecule has 0 atom stereocenters. The molecule has 0 fully saturated rings. The Balaban J connectivity index is 1.61. The lowest BCUT2D eigenvalue weighted by Gasteiger charge is -2.12. The molecule has 4 rings (SSSR count). The standard InChI is InChI=1S/C22H23N7O2/c1-14-15(2)28-29(20-7-5-6-11-23-20)21(14)26-19-10-12-24-22(27-19)25-16-8-9-17(30-3)18(13-16)31-4/h5-13H,1-4H3,(H2,24,25,26,27). The van der Waals surface area contributed by atoms with Crippen molar-refractivity contribution < 1.29 is 9.47 Å². The van der Waals surface area contributed by atoms with Gasteiger partial charge in [-0.25, -0.2) is 9.97 Å². The Bertz CT molecular complexity index is 1190. The molecule has 1 aromatic carbocycles. The molecule has 9 heteroatoms. The highest BCUT2D eigenvalue weighted by Crippen LogP contribution is 2.31. The van der Waals surface area contributed by atoms with Crippen LogP contribution in [0.2, 0.25) is 0 Å². The molecule has 31 heavy (non-hydrogen) atoms. The molecule has 0 amide bonds. The molecule has 4 aromatic rings. The molecule has 0 unspecified atom stereocenters. The quantitative estimate of drug-likeness (QED) is 0.462. The van der Waals surface area contributed by atoms with Crippen LogP contribution in [0.4, 0.5) is 23.3 Å². The van der Waals surface area contributed by atoms with E-state index in [1.54, 1.807) is 37.4 Å². The number of pyridine rings is 1. The fourth-order valence-electron chi connectivity index (χ4n) is 3.05. The van der Waals surface area contributed by atoms with E-state index in [0.29, 0.717) is 23.3 Å². The number of rotatable bonds is 7. The lowest BCUT2D eigenvalue weighted by atomic mass is 10.2. The lowest BCUT2D eigenvalue weighted by molar-refractivity contribution is 0.355. The monoisotopic (exact) mass is 417 g/mol. The van der Waals surface area contributed by atoms with Crippen molar-refractivity contribution in [3.8, 4) is 17.3 Å². The van der Waals surface area contributed by atoms with E-state index in [0.717, 1.165) is 28.6 Å². The molecule has 0 aliphatic heterocycles. The van der Waals surface area contributed by atoms with E-state index in [2.05, 4.69) is 30.7 Å². The lowest BCUT2D eigenvalue weighted by Crippen LogP contribution is -2.07. The summed E-state index contributed by atoms with van der Waals surface area (Å²) in [7, 11) is 3.19. The smallest absolute Gasteiger partial charge is 0.229 e. The Kier molecular flexibility index (Phi) is 5.65. The highest BCUT2D eigenvalue weighted by molar-refractivity contribution is 5.63. The van der Waals surface area contributed by atoms with Crippen molar-refractivity contribution in [1.29, 1.82) is 0 Å². The van der Waals surface area contributed by atoms with Crippen LogP contribution in [-0.4, -0.2) is 39.0 Å². The van der Waals surface area contributed by atoms with Crippen molar-refractivity contribution in [2.45, 2.75) is 13.8 Å². The molecule has 2 N–H and O–H groups in total. The van der Waals surface area contributed by atoms with Gasteiger partial charge in [-0.2, -0.15) is 14.8 Å². The Morgan fingerprint density at radius 2 is 1.71 bits per heavy atom. The van der Waals surface area contributed by atoms with Gasteiger partial charge in [0.25, 0.3) is 0 Å². The second kappa shape index (κ2) is 8.70. The first kappa shape index (κ1) is 20.1. The fourth-order valence-corrected chi connectivity index (χ4v) is 3.05. The fraction of sp³-hybridized carbons (Fsp3) is 0.182. The van der Waals surface area contributed by atoms with E-state index in [-0.39, 0.29) is 0 Å². The summed E-state index contributed by atoms with van der Waals surface area (Å²) in [6.45, 7) is 3.97. The summed E-state index contributed by atoms with van der Waals surface area (Å²) in [6, 6.07) is 13.0. The van der Waals surface area contributed by atoms with Gasteiger partial charge in [-0.15, -0.1) is 0 Å². The first-order valence-corrected chi connectivity index (χ1v) is 9.66. The number of nitrogens with one attached hydrogen (secondary N) is 2.